The van der Waals surface area contributed by atoms with Gasteiger partial charge in [-0.25, -0.2) is 4.79 Å². The van der Waals surface area contributed by atoms with E-state index in [4.69, 9.17) is 14.2 Å². The van der Waals surface area contributed by atoms with E-state index in [1.807, 2.05) is 91.0 Å². The molecule has 3 amide bonds. The molecule has 3 N–H and O–H groups in total. The van der Waals surface area contributed by atoms with E-state index in [1.165, 1.54) is 4.90 Å². The summed E-state index contributed by atoms with van der Waals surface area (Å²) in [7, 11) is 3.23. The van der Waals surface area contributed by atoms with Gasteiger partial charge in [-0.05, 0) is 47.4 Å². The lowest BCUT2D eigenvalue weighted by atomic mass is 10.1. The maximum absolute atomic E-state index is 13.2. The smallest absolute Gasteiger partial charge is 0.410 e. The number of amides is 3. The number of anilines is 2. The van der Waals surface area contributed by atoms with Crippen LogP contribution in [0.2, 0.25) is 0 Å². The molecule has 2 saturated heterocycles. The summed E-state index contributed by atoms with van der Waals surface area (Å²) in [5.74, 6) is -0.360. The lowest BCUT2D eigenvalue weighted by Gasteiger charge is -2.23. The molecule has 4 atom stereocenters. The highest BCUT2D eigenvalue weighted by atomic mass is 16.6. The average molecular weight is 599 g/mol. The van der Waals surface area contributed by atoms with E-state index >= 15 is 0 Å². The molecule has 0 spiro atoms. The Hall–Kier alpha value is -4.51. The molecule has 0 bridgehead atoms. The highest BCUT2D eigenvalue weighted by Crippen LogP contribution is 2.24. The topological polar surface area (TPSA) is 118 Å². The van der Waals surface area contributed by atoms with Gasteiger partial charge in [0, 0.05) is 38.6 Å². The first-order valence-electron chi connectivity index (χ1n) is 14.7. The first-order chi connectivity index (χ1) is 21.4. The third kappa shape index (κ3) is 8.10. The number of carbonyl (C=O) groups is 3. The lowest BCUT2D eigenvalue weighted by molar-refractivity contribution is -0.120. The normalized spacial score (nSPS) is 21.4. The van der Waals surface area contributed by atoms with Crippen LogP contribution < -0.4 is 16.0 Å². The average Bonchev–Trinajstić information content (AvgIpc) is 3.73. The van der Waals surface area contributed by atoms with Crippen molar-refractivity contribution in [2.24, 2.45) is 0 Å². The van der Waals surface area contributed by atoms with Crippen molar-refractivity contribution in [2.45, 2.75) is 43.7 Å². The van der Waals surface area contributed by atoms with Gasteiger partial charge < -0.3 is 30.2 Å². The van der Waals surface area contributed by atoms with Gasteiger partial charge in [-0.15, -0.1) is 0 Å². The minimum atomic E-state index is -0.702. The number of rotatable bonds is 10. The Morgan fingerprint density at radius 1 is 0.795 bits per heavy atom. The number of carbonyl (C=O) groups excluding carboxylic acids is 3. The molecule has 2 aliphatic rings. The Kier molecular flexibility index (Phi) is 10.4. The summed E-state index contributed by atoms with van der Waals surface area (Å²) < 4.78 is 16.3. The number of nitrogens with one attached hydrogen (secondary N) is 3. The van der Waals surface area contributed by atoms with Crippen molar-refractivity contribution in [2.75, 3.05) is 37.9 Å². The Bertz CT molecular complexity index is 1440. The molecule has 0 saturated carbocycles. The molecule has 3 aromatic carbocycles. The molecule has 2 aliphatic heterocycles. The van der Waals surface area contributed by atoms with Gasteiger partial charge in [-0.1, -0.05) is 66.7 Å². The van der Waals surface area contributed by atoms with Gasteiger partial charge in [0.25, 0.3) is 0 Å². The molecule has 10 nitrogen and oxygen atoms in total. The lowest BCUT2D eigenvalue weighted by Crippen LogP contribution is -2.43. The molecule has 0 aromatic heterocycles. The predicted molar refractivity (Wildman–Crippen MR) is 169 cm³/mol. The molecule has 10 heteroatoms. The Labute approximate surface area is 257 Å². The summed E-state index contributed by atoms with van der Waals surface area (Å²) in [6.07, 6.45) is 4.25. The molecule has 0 aliphatic carbocycles. The molecule has 2 fully saturated rings. The SMILES string of the molecule is CO[C@@H]1C[C@@H](C(=O)Nc2ccc(/C=C/c3ccc(NC(=O)[C@@H]4C[C@@H](OC)CN4)cc3)cc2)N(C(=O)OCc2ccccc2)C1. The zero-order valence-electron chi connectivity index (χ0n) is 24.9. The quantitative estimate of drug-likeness (QED) is 0.294. The second-order valence-electron chi connectivity index (χ2n) is 10.9. The van der Waals surface area contributed by atoms with Crippen LogP contribution in [0.5, 0.6) is 0 Å². The monoisotopic (exact) mass is 598 g/mol. The Morgan fingerprint density at radius 2 is 1.39 bits per heavy atom. The third-order valence-electron chi connectivity index (χ3n) is 7.90. The van der Waals surface area contributed by atoms with Crippen LogP contribution in [0, 0.1) is 0 Å². The van der Waals surface area contributed by atoms with Crippen LogP contribution in [0.4, 0.5) is 16.2 Å². The molecule has 230 valence electrons. The highest BCUT2D eigenvalue weighted by molar-refractivity contribution is 5.97. The molecular formula is C34H38N4O6. The summed E-state index contributed by atoms with van der Waals surface area (Å²) >= 11 is 0. The Morgan fingerprint density at radius 3 is 1.95 bits per heavy atom. The second-order valence-corrected chi connectivity index (χ2v) is 10.9. The van der Waals surface area contributed by atoms with Gasteiger partial charge >= 0.3 is 6.09 Å². The van der Waals surface area contributed by atoms with E-state index in [9.17, 15) is 14.4 Å². The summed E-state index contributed by atoms with van der Waals surface area (Å²) in [5.41, 5.74) is 4.16. The van der Waals surface area contributed by atoms with Crippen molar-refractivity contribution < 1.29 is 28.6 Å². The van der Waals surface area contributed by atoms with Gasteiger partial charge in [-0.3, -0.25) is 14.5 Å². The van der Waals surface area contributed by atoms with Gasteiger partial charge in [-0.2, -0.15) is 0 Å². The number of benzene rings is 3. The standard InChI is InChI=1S/C34H38N4O6/c1-42-28-18-30(35-20-28)32(39)36-26-14-10-23(11-15-26)8-9-24-12-16-27(17-13-24)37-33(40)31-19-29(43-2)21-38(31)34(41)44-22-25-6-4-3-5-7-25/h3-17,28-31,35H,18-22H2,1-2H3,(H,36,39)(H,37,40)/b9-8+/t28-,29-,30+,31+/m1/s1. The predicted octanol–water partition coefficient (Wildman–Crippen LogP) is 4.54. The van der Waals surface area contributed by atoms with Crippen LogP contribution in [0.25, 0.3) is 12.2 Å². The van der Waals surface area contributed by atoms with Gasteiger partial charge in [0.2, 0.25) is 11.8 Å². The third-order valence-corrected chi connectivity index (χ3v) is 7.90. The molecule has 44 heavy (non-hydrogen) atoms. The molecule has 0 radical (unpaired) electrons. The number of hydrogen-bond acceptors (Lipinski definition) is 7. The largest absolute Gasteiger partial charge is 0.445 e. The van der Waals surface area contributed by atoms with E-state index in [1.54, 1.807) is 14.2 Å². The van der Waals surface area contributed by atoms with Gasteiger partial charge in [0.1, 0.15) is 12.6 Å². The van der Waals surface area contributed by atoms with Crippen LogP contribution >= 0.6 is 0 Å². The van der Waals surface area contributed by atoms with Crippen LogP contribution in [0.3, 0.4) is 0 Å². The zero-order valence-corrected chi connectivity index (χ0v) is 24.9. The van der Waals surface area contributed by atoms with Crippen LogP contribution in [-0.4, -0.2) is 74.4 Å². The maximum Gasteiger partial charge on any atom is 0.410 e. The van der Waals surface area contributed by atoms with Crippen molar-refractivity contribution in [3.05, 3.63) is 95.6 Å². The minimum absolute atomic E-state index is 0.0612. The summed E-state index contributed by atoms with van der Waals surface area (Å²) in [5, 5.41) is 9.05. The zero-order chi connectivity index (χ0) is 30.9. The van der Waals surface area contributed by atoms with Crippen molar-refractivity contribution in [1.82, 2.24) is 10.2 Å². The van der Waals surface area contributed by atoms with Crippen molar-refractivity contribution in [3.63, 3.8) is 0 Å². The number of ether oxygens (including phenoxy) is 3. The first-order valence-corrected chi connectivity index (χ1v) is 14.7. The van der Waals surface area contributed by atoms with Crippen LogP contribution in [-0.2, 0) is 30.4 Å². The molecular weight excluding hydrogens is 560 g/mol. The molecule has 2 heterocycles. The number of likely N-dealkylation sites (tertiary alicyclic amines) is 1. The van der Waals surface area contributed by atoms with Crippen molar-refractivity contribution in [1.29, 1.82) is 0 Å². The van der Waals surface area contributed by atoms with E-state index in [0.29, 0.717) is 25.1 Å². The minimum Gasteiger partial charge on any atom is -0.445 e. The first kappa shape index (κ1) is 30.9. The van der Waals surface area contributed by atoms with Crippen molar-refractivity contribution in [3.8, 4) is 0 Å². The fraction of sp³-hybridized carbons (Fsp3) is 0.324. The number of nitrogens with zero attached hydrogens (tertiary/aromatic N) is 1. The highest BCUT2D eigenvalue weighted by Gasteiger charge is 2.40. The van der Waals surface area contributed by atoms with E-state index < -0.39 is 12.1 Å². The summed E-state index contributed by atoms with van der Waals surface area (Å²) in [4.78, 5) is 40.0. The maximum atomic E-state index is 13.2. The van der Waals surface area contributed by atoms with E-state index in [2.05, 4.69) is 16.0 Å². The van der Waals surface area contributed by atoms with E-state index in [0.717, 1.165) is 22.4 Å². The molecule has 3 aromatic rings. The Balaban J connectivity index is 1.12. The molecule has 0 unspecified atom stereocenters. The van der Waals surface area contributed by atoms with E-state index in [-0.39, 0.29) is 43.2 Å². The summed E-state index contributed by atoms with van der Waals surface area (Å²) in [6, 6.07) is 23.5. The van der Waals surface area contributed by atoms with Gasteiger partial charge in [0.05, 0.1) is 24.8 Å². The second kappa shape index (κ2) is 14.8. The number of methoxy groups -OCH3 is 2. The summed E-state index contributed by atoms with van der Waals surface area (Å²) in [6.45, 7) is 1.09. The number of hydrogen-bond donors (Lipinski definition) is 3. The van der Waals surface area contributed by atoms with Crippen molar-refractivity contribution >= 4 is 41.4 Å². The van der Waals surface area contributed by atoms with Crippen LogP contribution in [0.15, 0.2) is 78.9 Å². The van der Waals surface area contributed by atoms with Crippen LogP contribution in [0.1, 0.15) is 29.5 Å². The van der Waals surface area contributed by atoms with Gasteiger partial charge in [0.15, 0.2) is 0 Å². The fourth-order valence-corrected chi connectivity index (χ4v) is 5.31. The molecule has 5 rings (SSSR count). The fourth-order valence-electron chi connectivity index (χ4n) is 5.31.